The average molecular weight is 365 g/mol. The SMILES string of the molecule is OCC1c2ccccc2CCN1CCCOc1ccc(C(F)(F)F)cc1. The number of ether oxygens (including phenoxy) is 1. The first kappa shape index (κ1) is 18.7. The Kier molecular flexibility index (Phi) is 5.84. The zero-order valence-electron chi connectivity index (χ0n) is 14.4. The maximum atomic E-state index is 12.5. The van der Waals surface area contributed by atoms with Gasteiger partial charge in [-0.25, -0.2) is 0 Å². The molecule has 1 aliphatic rings. The van der Waals surface area contributed by atoms with Gasteiger partial charge in [-0.1, -0.05) is 24.3 Å². The molecule has 0 aromatic heterocycles. The molecule has 6 heteroatoms. The second-order valence-electron chi connectivity index (χ2n) is 6.41. The van der Waals surface area contributed by atoms with E-state index in [1.807, 2.05) is 12.1 Å². The van der Waals surface area contributed by atoms with E-state index < -0.39 is 11.7 Å². The Labute approximate surface area is 151 Å². The van der Waals surface area contributed by atoms with Gasteiger partial charge in [-0.3, -0.25) is 4.90 Å². The standard InChI is InChI=1S/C20H22F3NO2/c21-20(22,23)16-6-8-17(9-7-16)26-13-3-11-24-12-10-15-4-1-2-5-18(15)19(24)14-25/h1-2,4-9,19,25H,3,10-14H2. The molecule has 1 aliphatic heterocycles. The number of rotatable bonds is 6. The predicted molar refractivity (Wildman–Crippen MR) is 93.1 cm³/mol. The predicted octanol–water partition coefficient (Wildman–Crippen LogP) is 4.07. The molecule has 0 aliphatic carbocycles. The summed E-state index contributed by atoms with van der Waals surface area (Å²) in [7, 11) is 0. The number of aliphatic hydroxyl groups is 1. The van der Waals surface area contributed by atoms with Crippen LogP contribution in [-0.2, 0) is 12.6 Å². The molecule has 0 saturated heterocycles. The first-order valence-electron chi connectivity index (χ1n) is 8.72. The van der Waals surface area contributed by atoms with Crippen molar-refractivity contribution < 1.29 is 23.0 Å². The summed E-state index contributed by atoms with van der Waals surface area (Å²) in [4.78, 5) is 2.23. The van der Waals surface area contributed by atoms with Gasteiger partial charge in [0.2, 0.25) is 0 Å². The van der Waals surface area contributed by atoms with Crippen LogP contribution in [0.1, 0.15) is 29.2 Å². The molecular weight excluding hydrogens is 343 g/mol. The molecular formula is C20H22F3NO2. The molecule has 0 spiro atoms. The lowest BCUT2D eigenvalue weighted by Gasteiger charge is -2.36. The van der Waals surface area contributed by atoms with E-state index in [0.717, 1.165) is 38.1 Å². The summed E-state index contributed by atoms with van der Waals surface area (Å²) in [6.45, 7) is 2.13. The maximum Gasteiger partial charge on any atom is 0.416 e. The van der Waals surface area contributed by atoms with Crippen LogP contribution < -0.4 is 4.74 Å². The van der Waals surface area contributed by atoms with Crippen molar-refractivity contribution in [3.05, 3.63) is 65.2 Å². The lowest BCUT2D eigenvalue weighted by atomic mass is 9.93. The number of aliphatic hydroxyl groups excluding tert-OH is 1. The summed E-state index contributed by atoms with van der Waals surface area (Å²) in [5, 5.41) is 9.77. The summed E-state index contributed by atoms with van der Waals surface area (Å²) >= 11 is 0. The van der Waals surface area contributed by atoms with E-state index in [4.69, 9.17) is 4.74 Å². The molecule has 3 nitrogen and oxygen atoms in total. The minimum absolute atomic E-state index is 0.00832. The average Bonchev–Trinajstić information content (AvgIpc) is 2.64. The number of hydrogen-bond donors (Lipinski definition) is 1. The van der Waals surface area contributed by atoms with Gasteiger partial charge in [-0.15, -0.1) is 0 Å². The van der Waals surface area contributed by atoms with Gasteiger partial charge in [0.15, 0.2) is 0 Å². The fourth-order valence-corrected chi connectivity index (χ4v) is 3.38. The van der Waals surface area contributed by atoms with E-state index in [-0.39, 0.29) is 12.6 Å². The van der Waals surface area contributed by atoms with E-state index in [1.54, 1.807) is 0 Å². The van der Waals surface area contributed by atoms with Gasteiger partial charge in [0.25, 0.3) is 0 Å². The van der Waals surface area contributed by atoms with E-state index in [0.29, 0.717) is 12.4 Å². The van der Waals surface area contributed by atoms with Gasteiger partial charge in [-0.05, 0) is 48.2 Å². The second kappa shape index (κ2) is 8.10. The zero-order chi connectivity index (χ0) is 18.6. The number of halogens is 3. The van der Waals surface area contributed by atoms with Crippen molar-refractivity contribution in [3.8, 4) is 5.75 Å². The lowest BCUT2D eigenvalue weighted by Crippen LogP contribution is -2.38. The van der Waals surface area contributed by atoms with Gasteiger partial charge in [0, 0.05) is 13.1 Å². The van der Waals surface area contributed by atoms with Gasteiger partial charge in [0.05, 0.1) is 24.8 Å². The Morgan fingerprint density at radius 1 is 1.08 bits per heavy atom. The van der Waals surface area contributed by atoms with Crippen molar-refractivity contribution in [2.45, 2.75) is 25.1 Å². The van der Waals surface area contributed by atoms with E-state index >= 15 is 0 Å². The van der Waals surface area contributed by atoms with Gasteiger partial charge in [0.1, 0.15) is 5.75 Å². The first-order chi connectivity index (χ1) is 12.5. The molecule has 0 saturated carbocycles. The normalized spacial score (nSPS) is 17.8. The van der Waals surface area contributed by atoms with Crippen molar-refractivity contribution >= 4 is 0 Å². The molecule has 26 heavy (non-hydrogen) atoms. The molecule has 3 rings (SSSR count). The van der Waals surface area contributed by atoms with Crippen LogP contribution in [0.15, 0.2) is 48.5 Å². The van der Waals surface area contributed by atoms with Crippen molar-refractivity contribution in [1.82, 2.24) is 4.90 Å². The van der Waals surface area contributed by atoms with E-state index in [1.165, 1.54) is 23.3 Å². The summed E-state index contributed by atoms with van der Waals surface area (Å²) in [5.41, 5.74) is 1.77. The molecule has 1 heterocycles. The fraction of sp³-hybridized carbons (Fsp3) is 0.400. The largest absolute Gasteiger partial charge is 0.494 e. The Morgan fingerprint density at radius 2 is 1.81 bits per heavy atom. The Hall–Kier alpha value is -2.05. The van der Waals surface area contributed by atoms with Crippen molar-refractivity contribution in [1.29, 1.82) is 0 Å². The number of hydrogen-bond acceptors (Lipinski definition) is 3. The summed E-state index contributed by atoms with van der Waals surface area (Å²) in [6, 6.07) is 12.9. The number of nitrogens with zero attached hydrogens (tertiary/aromatic N) is 1. The molecule has 0 amide bonds. The number of benzene rings is 2. The third kappa shape index (κ3) is 4.37. The molecule has 0 bridgehead atoms. The van der Waals surface area contributed by atoms with Crippen molar-refractivity contribution in [2.75, 3.05) is 26.3 Å². The van der Waals surface area contributed by atoms with Crippen LogP contribution in [0.25, 0.3) is 0 Å². The van der Waals surface area contributed by atoms with Gasteiger partial charge >= 0.3 is 6.18 Å². The van der Waals surface area contributed by atoms with Crippen LogP contribution in [0.5, 0.6) is 5.75 Å². The van der Waals surface area contributed by atoms with Crippen LogP contribution >= 0.6 is 0 Å². The van der Waals surface area contributed by atoms with E-state index in [9.17, 15) is 18.3 Å². The number of alkyl halides is 3. The molecule has 1 unspecified atom stereocenters. The fourth-order valence-electron chi connectivity index (χ4n) is 3.38. The quantitative estimate of drug-likeness (QED) is 0.784. The van der Waals surface area contributed by atoms with Crippen LogP contribution in [0.3, 0.4) is 0 Å². The molecule has 1 N–H and O–H groups in total. The van der Waals surface area contributed by atoms with Crippen LogP contribution in [0.4, 0.5) is 13.2 Å². The Morgan fingerprint density at radius 3 is 2.50 bits per heavy atom. The van der Waals surface area contributed by atoms with Crippen molar-refractivity contribution in [3.63, 3.8) is 0 Å². The highest BCUT2D eigenvalue weighted by Gasteiger charge is 2.30. The minimum atomic E-state index is -4.33. The molecule has 0 radical (unpaired) electrons. The van der Waals surface area contributed by atoms with Crippen molar-refractivity contribution in [2.24, 2.45) is 0 Å². The summed E-state index contributed by atoms with van der Waals surface area (Å²) in [6.07, 6.45) is -2.64. The summed E-state index contributed by atoms with van der Waals surface area (Å²) < 4.78 is 43.2. The molecule has 0 fully saturated rings. The third-order valence-electron chi connectivity index (χ3n) is 4.74. The second-order valence-corrected chi connectivity index (χ2v) is 6.41. The monoisotopic (exact) mass is 365 g/mol. The van der Waals surface area contributed by atoms with Gasteiger partial charge in [-0.2, -0.15) is 13.2 Å². The minimum Gasteiger partial charge on any atom is -0.494 e. The maximum absolute atomic E-state index is 12.5. The van der Waals surface area contributed by atoms with Crippen LogP contribution in [0.2, 0.25) is 0 Å². The first-order valence-corrected chi connectivity index (χ1v) is 8.72. The molecule has 140 valence electrons. The van der Waals surface area contributed by atoms with Crippen LogP contribution in [-0.4, -0.2) is 36.3 Å². The molecule has 1 atom stereocenters. The highest BCUT2D eigenvalue weighted by Crippen LogP contribution is 2.31. The van der Waals surface area contributed by atoms with Crippen LogP contribution in [0, 0.1) is 0 Å². The Bertz CT molecular complexity index is 716. The highest BCUT2D eigenvalue weighted by atomic mass is 19.4. The lowest BCUT2D eigenvalue weighted by molar-refractivity contribution is -0.137. The number of fused-ring (bicyclic) bond motifs is 1. The topological polar surface area (TPSA) is 32.7 Å². The van der Waals surface area contributed by atoms with E-state index in [2.05, 4.69) is 17.0 Å². The smallest absolute Gasteiger partial charge is 0.416 e. The zero-order valence-corrected chi connectivity index (χ0v) is 14.4. The molecule has 2 aromatic carbocycles. The highest BCUT2D eigenvalue weighted by molar-refractivity contribution is 5.32. The van der Waals surface area contributed by atoms with Gasteiger partial charge < -0.3 is 9.84 Å². The molecule has 2 aromatic rings. The third-order valence-corrected chi connectivity index (χ3v) is 4.74. The summed E-state index contributed by atoms with van der Waals surface area (Å²) in [5.74, 6) is 0.431. The Balaban J connectivity index is 1.49.